The maximum absolute atomic E-state index is 5.95. The number of hydrogen-bond acceptors (Lipinski definition) is 1. The summed E-state index contributed by atoms with van der Waals surface area (Å²) in [5.74, 6) is 0.499. The molecule has 0 radical (unpaired) electrons. The van der Waals surface area contributed by atoms with E-state index in [0.717, 1.165) is 17.7 Å². The van der Waals surface area contributed by atoms with Gasteiger partial charge >= 0.3 is 0 Å². The SMILES string of the molecule is C=C(/C=C(/C)N=C(Cl)CC)/C=C/c1cccc2c1C=CC2C. The summed E-state index contributed by atoms with van der Waals surface area (Å²) in [6.07, 6.45) is 11.3. The van der Waals surface area contributed by atoms with Crippen LogP contribution in [-0.4, -0.2) is 5.17 Å². The molecule has 0 bridgehead atoms. The Kier molecular flexibility index (Phi) is 5.57. The molecule has 0 saturated heterocycles. The van der Waals surface area contributed by atoms with E-state index in [1.54, 1.807) is 0 Å². The Morgan fingerprint density at radius 1 is 1.41 bits per heavy atom. The molecular formula is C20H22ClN. The Hall–Kier alpha value is -1.86. The van der Waals surface area contributed by atoms with Crippen molar-refractivity contribution in [1.82, 2.24) is 0 Å². The average Bonchev–Trinajstić information content (AvgIpc) is 2.87. The Morgan fingerprint density at radius 3 is 2.91 bits per heavy atom. The Bertz CT molecular complexity index is 690. The molecule has 2 heteroatoms. The van der Waals surface area contributed by atoms with Gasteiger partial charge in [0, 0.05) is 5.70 Å². The van der Waals surface area contributed by atoms with Crippen molar-refractivity contribution in [1.29, 1.82) is 0 Å². The summed E-state index contributed by atoms with van der Waals surface area (Å²) in [7, 11) is 0. The number of aliphatic imine (C=N–C) groups is 1. The lowest BCUT2D eigenvalue weighted by atomic mass is 9.98. The summed E-state index contributed by atoms with van der Waals surface area (Å²) in [5, 5.41) is 0.616. The Morgan fingerprint density at radius 2 is 2.18 bits per heavy atom. The van der Waals surface area contributed by atoms with Crippen LogP contribution in [0.3, 0.4) is 0 Å². The lowest BCUT2D eigenvalue weighted by Gasteiger charge is -2.06. The molecule has 0 heterocycles. The van der Waals surface area contributed by atoms with E-state index in [1.807, 2.05) is 26.0 Å². The van der Waals surface area contributed by atoms with Gasteiger partial charge < -0.3 is 0 Å². The zero-order valence-corrected chi connectivity index (χ0v) is 14.2. The number of benzene rings is 1. The van der Waals surface area contributed by atoms with E-state index in [4.69, 9.17) is 11.6 Å². The molecule has 1 nitrogen and oxygen atoms in total. The van der Waals surface area contributed by atoms with Crippen molar-refractivity contribution in [3.05, 3.63) is 71.0 Å². The van der Waals surface area contributed by atoms with E-state index in [-0.39, 0.29) is 0 Å². The number of hydrogen-bond donors (Lipinski definition) is 0. The molecule has 0 fully saturated rings. The smallest absolute Gasteiger partial charge is 0.106 e. The van der Waals surface area contributed by atoms with Crippen LogP contribution in [0.5, 0.6) is 0 Å². The molecule has 1 aromatic carbocycles. The van der Waals surface area contributed by atoms with Gasteiger partial charge in [0.25, 0.3) is 0 Å². The van der Waals surface area contributed by atoms with Gasteiger partial charge in [-0.25, -0.2) is 4.99 Å². The van der Waals surface area contributed by atoms with Crippen LogP contribution in [0.25, 0.3) is 12.2 Å². The molecule has 22 heavy (non-hydrogen) atoms. The van der Waals surface area contributed by atoms with Gasteiger partial charge in [0.15, 0.2) is 0 Å². The summed E-state index contributed by atoms with van der Waals surface area (Å²) < 4.78 is 0. The van der Waals surface area contributed by atoms with Crippen LogP contribution in [0.15, 0.2) is 59.3 Å². The predicted octanol–water partition coefficient (Wildman–Crippen LogP) is 6.34. The molecule has 0 spiro atoms. The predicted molar refractivity (Wildman–Crippen MR) is 99.4 cm³/mol. The third-order valence-electron chi connectivity index (χ3n) is 3.68. The minimum absolute atomic E-state index is 0.499. The highest BCUT2D eigenvalue weighted by atomic mass is 35.5. The zero-order valence-electron chi connectivity index (χ0n) is 13.4. The van der Waals surface area contributed by atoms with E-state index in [1.165, 1.54) is 16.7 Å². The van der Waals surface area contributed by atoms with Gasteiger partial charge in [0.2, 0.25) is 0 Å². The van der Waals surface area contributed by atoms with Gasteiger partial charge in [0.05, 0.1) is 0 Å². The van der Waals surface area contributed by atoms with Gasteiger partial charge in [-0.15, -0.1) is 0 Å². The average molecular weight is 312 g/mol. The van der Waals surface area contributed by atoms with E-state index >= 15 is 0 Å². The van der Waals surface area contributed by atoms with Crippen LogP contribution < -0.4 is 0 Å². The van der Waals surface area contributed by atoms with Crippen molar-refractivity contribution in [3.63, 3.8) is 0 Å². The highest BCUT2D eigenvalue weighted by Crippen LogP contribution is 2.32. The zero-order chi connectivity index (χ0) is 16.1. The molecule has 0 aromatic heterocycles. The fourth-order valence-electron chi connectivity index (χ4n) is 2.50. The first-order valence-electron chi connectivity index (χ1n) is 7.60. The van der Waals surface area contributed by atoms with Gasteiger partial charge in [-0.05, 0) is 47.6 Å². The summed E-state index contributed by atoms with van der Waals surface area (Å²) in [4.78, 5) is 4.30. The fraction of sp³-hybridized carbons (Fsp3) is 0.250. The first kappa shape index (κ1) is 16.5. The summed E-state index contributed by atoms with van der Waals surface area (Å²) in [6.45, 7) is 10.2. The summed E-state index contributed by atoms with van der Waals surface area (Å²) in [6, 6.07) is 6.43. The third-order valence-corrected chi connectivity index (χ3v) is 4.03. The second kappa shape index (κ2) is 7.42. The molecule has 114 valence electrons. The molecule has 0 amide bonds. The molecule has 0 N–H and O–H groups in total. The van der Waals surface area contributed by atoms with Crippen molar-refractivity contribution >= 4 is 28.9 Å². The molecule has 1 unspecified atom stereocenters. The van der Waals surface area contributed by atoms with Crippen LogP contribution in [0.1, 0.15) is 49.8 Å². The van der Waals surface area contributed by atoms with E-state index in [2.05, 4.69) is 54.9 Å². The maximum Gasteiger partial charge on any atom is 0.106 e. The summed E-state index contributed by atoms with van der Waals surface area (Å²) >= 11 is 5.95. The van der Waals surface area contributed by atoms with E-state index in [0.29, 0.717) is 11.1 Å². The molecule has 0 saturated carbocycles. The number of halogens is 1. The first-order chi connectivity index (χ1) is 10.5. The standard InChI is InChI=1S/C20H22ClN/c1-5-20(21)22-16(4)13-14(2)9-11-17-7-6-8-18-15(3)10-12-19(17)18/h6-13,15H,2,5H2,1,3-4H3/b11-9+,16-13-,22-20?. The minimum Gasteiger partial charge on any atom is -0.246 e. The fourth-order valence-corrected chi connectivity index (χ4v) is 2.63. The molecule has 1 aliphatic carbocycles. The molecule has 1 aliphatic rings. The molecule has 0 aliphatic heterocycles. The van der Waals surface area contributed by atoms with Gasteiger partial charge in [0.1, 0.15) is 5.17 Å². The van der Waals surface area contributed by atoms with E-state index < -0.39 is 0 Å². The molecule has 2 rings (SSSR count). The lowest BCUT2D eigenvalue weighted by molar-refractivity contribution is 0.990. The highest BCUT2D eigenvalue weighted by molar-refractivity contribution is 6.65. The van der Waals surface area contributed by atoms with Crippen molar-refractivity contribution in [2.75, 3.05) is 0 Å². The second-order valence-electron chi connectivity index (χ2n) is 5.53. The van der Waals surface area contributed by atoms with Crippen LogP contribution in [-0.2, 0) is 0 Å². The normalized spacial score (nSPS) is 18.1. The number of nitrogens with zero attached hydrogens (tertiary/aromatic N) is 1. The van der Waals surface area contributed by atoms with Gasteiger partial charge in [-0.3, -0.25) is 0 Å². The van der Waals surface area contributed by atoms with Crippen LogP contribution in [0, 0.1) is 0 Å². The highest BCUT2D eigenvalue weighted by Gasteiger charge is 2.13. The Labute approximate surface area is 138 Å². The van der Waals surface area contributed by atoms with E-state index in [9.17, 15) is 0 Å². The summed E-state index contributed by atoms with van der Waals surface area (Å²) in [5.41, 5.74) is 5.70. The maximum atomic E-state index is 5.95. The van der Waals surface area contributed by atoms with Gasteiger partial charge in [-0.2, -0.15) is 0 Å². The molecule has 1 atom stereocenters. The second-order valence-corrected chi connectivity index (χ2v) is 5.97. The van der Waals surface area contributed by atoms with Crippen molar-refractivity contribution < 1.29 is 0 Å². The number of fused-ring (bicyclic) bond motifs is 1. The molecule has 1 aromatic rings. The van der Waals surface area contributed by atoms with Crippen molar-refractivity contribution in [2.24, 2.45) is 4.99 Å². The monoisotopic (exact) mass is 311 g/mol. The largest absolute Gasteiger partial charge is 0.246 e. The number of allylic oxidation sites excluding steroid dienone is 5. The molecular weight excluding hydrogens is 290 g/mol. The van der Waals surface area contributed by atoms with Crippen molar-refractivity contribution in [2.45, 2.75) is 33.1 Å². The Balaban J connectivity index is 2.15. The van der Waals surface area contributed by atoms with Gasteiger partial charge in [-0.1, -0.05) is 74.5 Å². The third kappa shape index (κ3) is 4.08. The van der Waals surface area contributed by atoms with Crippen LogP contribution >= 0.6 is 11.6 Å². The quantitative estimate of drug-likeness (QED) is 0.444. The first-order valence-corrected chi connectivity index (χ1v) is 7.98. The van der Waals surface area contributed by atoms with Crippen LogP contribution in [0.4, 0.5) is 0 Å². The minimum atomic E-state index is 0.499. The number of rotatable bonds is 5. The lowest BCUT2D eigenvalue weighted by Crippen LogP contribution is -1.89. The topological polar surface area (TPSA) is 12.4 Å². The van der Waals surface area contributed by atoms with Crippen LogP contribution in [0.2, 0.25) is 0 Å². The van der Waals surface area contributed by atoms with Crippen molar-refractivity contribution in [3.8, 4) is 0 Å².